The molecule has 1 aliphatic heterocycles. The summed E-state index contributed by atoms with van der Waals surface area (Å²) in [5.41, 5.74) is 1.57. The number of carbonyl (C=O) groups excluding carboxylic acids is 1. The molecule has 0 spiro atoms. The number of aromatic nitrogens is 2. The lowest BCUT2D eigenvalue weighted by Crippen LogP contribution is -2.40. The Morgan fingerprint density at radius 2 is 2.20 bits per heavy atom. The summed E-state index contributed by atoms with van der Waals surface area (Å²) < 4.78 is 25.3. The first-order chi connectivity index (χ1) is 11.8. The number of aliphatic hydroxyl groups excluding tert-OH is 1. The zero-order chi connectivity index (χ0) is 18.2. The molecule has 0 aromatic carbocycles. The van der Waals surface area contributed by atoms with Crippen molar-refractivity contribution >= 4 is 21.5 Å². The van der Waals surface area contributed by atoms with Gasteiger partial charge in [-0.3, -0.25) is 9.78 Å². The molecule has 4 N–H and O–H groups in total. The molecule has 1 amide bonds. The highest BCUT2D eigenvalue weighted by Gasteiger charge is 2.32. The molecular formula is C16H21N5O3S. The van der Waals surface area contributed by atoms with E-state index in [-0.39, 0.29) is 5.91 Å². The van der Waals surface area contributed by atoms with E-state index in [1.165, 1.54) is 0 Å². The largest absolute Gasteiger partial charge is 0.392 e. The normalized spacial score (nSPS) is 24.2. The quantitative estimate of drug-likeness (QED) is 0.656. The Hall–Kier alpha value is -2.23. The minimum atomic E-state index is -3.30. The first kappa shape index (κ1) is 17.6. The Morgan fingerprint density at radius 1 is 1.52 bits per heavy atom. The minimum Gasteiger partial charge on any atom is -0.392 e. The highest BCUT2D eigenvalue weighted by atomic mass is 32.2. The molecule has 3 atom stereocenters. The topological polar surface area (TPSA) is 120 Å². The molecule has 0 radical (unpaired) electrons. The molecule has 2 aromatic rings. The van der Waals surface area contributed by atoms with Gasteiger partial charge in [-0.05, 0) is 31.9 Å². The number of fused-ring (bicyclic) bond motifs is 1. The van der Waals surface area contributed by atoms with E-state index in [1.807, 2.05) is 0 Å². The molecule has 134 valence electrons. The molecule has 3 heterocycles. The molecule has 2 aromatic heterocycles. The van der Waals surface area contributed by atoms with Crippen LogP contribution in [0, 0.1) is 4.78 Å². The summed E-state index contributed by atoms with van der Waals surface area (Å²) in [4.78, 5) is 16.9. The van der Waals surface area contributed by atoms with Crippen LogP contribution in [-0.2, 0) is 23.4 Å². The van der Waals surface area contributed by atoms with Crippen LogP contribution < -0.4 is 10.0 Å². The second kappa shape index (κ2) is 6.58. The lowest BCUT2D eigenvalue weighted by atomic mass is 10.0. The number of nitrogens with one attached hydrogen (secondary N) is 3. The summed E-state index contributed by atoms with van der Waals surface area (Å²) in [6.45, 7) is 1.60. The molecule has 0 saturated heterocycles. The molecule has 8 nitrogen and oxygen atoms in total. The number of hydrogen-bond acceptors (Lipinski definition) is 5. The molecule has 0 fully saturated rings. The van der Waals surface area contributed by atoms with Gasteiger partial charge in [0.15, 0.2) is 0 Å². The van der Waals surface area contributed by atoms with Crippen molar-refractivity contribution in [3.05, 3.63) is 42.0 Å². The SMILES string of the molecule is CC(O)C1CCc2c(cn(C)c2C(=O)Nc2ccncc2)S(=N)(=O)N1. The fourth-order valence-corrected chi connectivity index (χ4v) is 4.76. The molecule has 0 bridgehead atoms. The molecule has 0 saturated carbocycles. The zero-order valence-electron chi connectivity index (χ0n) is 14.0. The average Bonchev–Trinajstić information content (AvgIpc) is 2.83. The Bertz CT molecular complexity index is 890. The third-order valence-corrected chi connectivity index (χ3v) is 5.92. The third-order valence-electron chi connectivity index (χ3n) is 4.31. The van der Waals surface area contributed by atoms with Crippen molar-refractivity contribution in [3.63, 3.8) is 0 Å². The van der Waals surface area contributed by atoms with E-state index in [2.05, 4.69) is 15.0 Å². The first-order valence-electron chi connectivity index (χ1n) is 7.93. The van der Waals surface area contributed by atoms with Gasteiger partial charge in [0.05, 0.1) is 11.0 Å². The number of carbonyl (C=O) groups is 1. The van der Waals surface area contributed by atoms with Gasteiger partial charge < -0.3 is 15.0 Å². The zero-order valence-corrected chi connectivity index (χ0v) is 14.8. The van der Waals surface area contributed by atoms with Crippen LogP contribution in [0.5, 0.6) is 0 Å². The summed E-state index contributed by atoms with van der Waals surface area (Å²) in [7, 11) is -1.61. The van der Waals surface area contributed by atoms with Crippen molar-refractivity contribution in [1.29, 1.82) is 4.78 Å². The maximum atomic E-state index is 12.8. The van der Waals surface area contributed by atoms with Crippen molar-refractivity contribution in [2.24, 2.45) is 7.05 Å². The standard InChI is InChI=1S/C16H21N5O3S/c1-10(22)13-4-3-12-14(25(17,24)20-13)9-21(2)15(12)16(23)19-11-5-7-18-8-6-11/h5-10,13,22H,3-4H2,1-2H3,(H2,17,20,24)(H,18,19,23). The number of aliphatic hydroxyl groups is 1. The number of nitrogens with zero attached hydrogens (tertiary/aromatic N) is 2. The predicted molar refractivity (Wildman–Crippen MR) is 93.7 cm³/mol. The van der Waals surface area contributed by atoms with Crippen LogP contribution in [0.4, 0.5) is 5.69 Å². The van der Waals surface area contributed by atoms with Crippen molar-refractivity contribution in [3.8, 4) is 0 Å². The minimum absolute atomic E-state index is 0.304. The van der Waals surface area contributed by atoms with Gasteiger partial charge in [-0.15, -0.1) is 0 Å². The molecule has 3 unspecified atom stereocenters. The van der Waals surface area contributed by atoms with Crippen LogP contribution in [0.25, 0.3) is 0 Å². The fraction of sp³-hybridized carbons (Fsp3) is 0.375. The number of hydrogen-bond donors (Lipinski definition) is 4. The number of rotatable bonds is 3. The highest BCUT2D eigenvalue weighted by molar-refractivity contribution is 7.90. The van der Waals surface area contributed by atoms with Gasteiger partial charge in [0.2, 0.25) is 0 Å². The maximum Gasteiger partial charge on any atom is 0.272 e. The molecule has 9 heteroatoms. The van der Waals surface area contributed by atoms with Gasteiger partial charge in [0.25, 0.3) is 5.91 Å². The van der Waals surface area contributed by atoms with Gasteiger partial charge in [-0.1, -0.05) is 0 Å². The van der Waals surface area contributed by atoms with Crippen molar-refractivity contribution in [2.75, 3.05) is 5.32 Å². The summed E-state index contributed by atoms with van der Waals surface area (Å²) >= 11 is 0. The van der Waals surface area contributed by atoms with Crippen LogP contribution >= 0.6 is 0 Å². The second-order valence-electron chi connectivity index (χ2n) is 6.18. The van der Waals surface area contributed by atoms with E-state index in [9.17, 15) is 14.1 Å². The van der Waals surface area contributed by atoms with E-state index in [1.54, 1.807) is 49.3 Å². The summed E-state index contributed by atoms with van der Waals surface area (Å²) in [5, 5.41) is 12.6. The van der Waals surface area contributed by atoms with Crippen LogP contribution in [0.3, 0.4) is 0 Å². The summed E-state index contributed by atoms with van der Waals surface area (Å²) in [6.07, 6.45) is 4.92. The number of amides is 1. The fourth-order valence-electron chi connectivity index (χ4n) is 3.04. The first-order valence-corrected chi connectivity index (χ1v) is 9.49. The van der Waals surface area contributed by atoms with Crippen LogP contribution in [0.15, 0.2) is 35.6 Å². The van der Waals surface area contributed by atoms with Crippen LogP contribution in [0.2, 0.25) is 0 Å². The monoisotopic (exact) mass is 363 g/mol. The Morgan fingerprint density at radius 3 is 2.84 bits per heavy atom. The molecular weight excluding hydrogens is 342 g/mol. The van der Waals surface area contributed by atoms with E-state index in [0.717, 1.165) is 0 Å². The Kier molecular flexibility index (Phi) is 4.63. The van der Waals surface area contributed by atoms with E-state index >= 15 is 0 Å². The molecule has 1 aliphatic rings. The smallest absolute Gasteiger partial charge is 0.272 e. The third kappa shape index (κ3) is 3.44. The van der Waals surface area contributed by atoms with Gasteiger partial charge in [-0.25, -0.2) is 13.7 Å². The maximum absolute atomic E-state index is 12.8. The van der Waals surface area contributed by atoms with Gasteiger partial charge in [0, 0.05) is 42.9 Å². The van der Waals surface area contributed by atoms with Crippen LogP contribution in [0.1, 0.15) is 29.4 Å². The van der Waals surface area contributed by atoms with E-state index < -0.39 is 22.1 Å². The Balaban J connectivity index is 1.99. The summed E-state index contributed by atoms with van der Waals surface area (Å²) in [6, 6.07) is 2.90. The van der Waals surface area contributed by atoms with E-state index in [0.29, 0.717) is 34.7 Å². The van der Waals surface area contributed by atoms with Gasteiger partial charge >= 0.3 is 0 Å². The number of pyridine rings is 1. The number of aryl methyl sites for hydroxylation is 1. The van der Waals surface area contributed by atoms with Crippen molar-refractivity contribution < 1.29 is 14.1 Å². The molecule has 25 heavy (non-hydrogen) atoms. The van der Waals surface area contributed by atoms with Crippen molar-refractivity contribution in [2.45, 2.75) is 36.8 Å². The highest BCUT2D eigenvalue weighted by Crippen LogP contribution is 2.28. The molecule has 0 aliphatic carbocycles. The van der Waals surface area contributed by atoms with Crippen LogP contribution in [-0.4, -0.2) is 36.9 Å². The molecule has 3 rings (SSSR count). The van der Waals surface area contributed by atoms with E-state index in [4.69, 9.17) is 4.78 Å². The summed E-state index contributed by atoms with van der Waals surface area (Å²) in [5.74, 6) is -0.333. The predicted octanol–water partition coefficient (Wildman–Crippen LogP) is 1.28. The van der Waals surface area contributed by atoms with Gasteiger partial charge in [-0.2, -0.15) is 0 Å². The van der Waals surface area contributed by atoms with Crippen molar-refractivity contribution in [1.82, 2.24) is 14.3 Å². The lowest BCUT2D eigenvalue weighted by Gasteiger charge is -2.19. The average molecular weight is 363 g/mol. The Labute approximate surface area is 146 Å². The number of anilines is 1. The lowest BCUT2D eigenvalue weighted by molar-refractivity contribution is 0.101. The van der Waals surface area contributed by atoms with Gasteiger partial charge in [0.1, 0.15) is 15.6 Å². The second-order valence-corrected chi connectivity index (χ2v) is 7.97.